The quantitative estimate of drug-likeness (QED) is 0.746. The molecule has 156 valence electrons. The Morgan fingerprint density at radius 3 is 2.41 bits per heavy atom. The first-order valence-corrected chi connectivity index (χ1v) is 11.1. The van der Waals surface area contributed by atoms with Gasteiger partial charge in [-0.25, -0.2) is 8.42 Å². The van der Waals surface area contributed by atoms with Gasteiger partial charge in [-0.2, -0.15) is 4.31 Å². The first-order chi connectivity index (χ1) is 13.9. The zero-order valence-electron chi connectivity index (χ0n) is 16.6. The Balaban J connectivity index is 1.79. The Labute approximate surface area is 171 Å². The average molecular weight is 419 g/mol. The molecule has 2 aromatic carbocycles. The minimum Gasteiger partial charge on any atom is -0.495 e. The molecule has 0 radical (unpaired) electrons. The summed E-state index contributed by atoms with van der Waals surface area (Å²) in [5.41, 5.74) is 0.291. The largest absolute Gasteiger partial charge is 0.495 e. The molecule has 3 rings (SSSR count). The van der Waals surface area contributed by atoms with E-state index >= 15 is 0 Å². The van der Waals surface area contributed by atoms with Gasteiger partial charge in [-0.1, -0.05) is 24.6 Å². The van der Waals surface area contributed by atoms with E-state index in [1.807, 2.05) is 18.2 Å². The molecule has 1 aliphatic heterocycles. The first kappa shape index (κ1) is 21.1. The number of hydrogen-bond donors (Lipinski definition) is 1. The van der Waals surface area contributed by atoms with E-state index in [0.717, 1.165) is 19.3 Å². The molecule has 1 aliphatic rings. The monoisotopic (exact) mass is 418 g/mol. The lowest BCUT2D eigenvalue weighted by Crippen LogP contribution is -2.35. The Morgan fingerprint density at radius 1 is 1.07 bits per heavy atom. The Bertz CT molecular complexity index is 941. The number of nitrogens with one attached hydrogen (secondary N) is 1. The van der Waals surface area contributed by atoms with Crippen LogP contribution in [0, 0.1) is 0 Å². The molecule has 1 amide bonds. The Morgan fingerprint density at radius 2 is 1.76 bits per heavy atom. The van der Waals surface area contributed by atoms with Gasteiger partial charge < -0.3 is 14.8 Å². The minimum absolute atomic E-state index is 0.132. The molecule has 29 heavy (non-hydrogen) atoms. The van der Waals surface area contributed by atoms with Crippen molar-refractivity contribution >= 4 is 21.6 Å². The van der Waals surface area contributed by atoms with E-state index in [0.29, 0.717) is 30.3 Å². The fraction of sp³-hybridized carbons (Fsp3) is 0.381. The summed E-state index contributed by atoms with van der Waals surface area (Å²) in [5.74, 6) is 0.547. The van der Waals surface area contributed by atoms with Crippen molar-refractivity contribution in [3.63, 3.8) is 0 Å². The molecule has 0 aromatic heterocycles. The van der Waals surface area contributed by atoms with Crippen LogP contribution in [0.4, 0.5) is 5.69 Å². The van der Waals surface area contributed by atoms with E-state index in [1.54, 1.807) is 25.1 Å². The molecule has 0 aliphatic carbocycles. The molecule has 1 atom stereocenters. The smallest absolute Gasteiger partial charge is 0.265 e. The van der Waals surface area contributed by atoms with Crippen LogP contribution in [0.15, 0.2) is 53.4 Å². The number of anilines is 1. The normalized spacial score (nSPS) is 16.1. The van der Waals surface area contributed by atoms with Gasteiger partial charge in [0.15, 0.2) is 6.10 Å². The predicted octanol–water partition coefficient (Wildman–Crippen LogP) is 3.28. The van der Waals surface area contributed by atoms with E-state index in [-0.39, 0.29) is 4.90 Å². The SMILES string of the molecule is COc1ccc(S(=O)(=O)N2CCCCC2)cc1NC(=O)[C@@H](C)Oc1ccccc1. The molecule has 2 aromatic rings. The van der Waals surface area contributed by atoms with Gasteiger partial charge in [0, 0.05) is 13.1 Å². The van der Waals surface area contributed by atoms with Crippen LogP contribution in [0.25, 0.3) is 0 Å². The molecule has 1 fully saturated rings. The molecule has 0 saturated carbocycles. The van der Waals surface area contributed by atoms with Crippen molar-refractivity contribution in [2.24, 2.45) is 0 Å². The van der Waals surface area contributed by atoms with Crippen molar-refractivity contribution in [3.05, 3.63) is 48.5 Å². The highest BCUT2D eigenvalue weighted by atomic mass is 32.2. The molecular formula is C21H26N2O5S. The van der Waals surface area contributed by atoms with Crippen molar-refractivity contribution in [2.45, 2.75) is 37.2 Å². The van der Waals surface area contributed by atoms with Gasteiger partial charge >= 0.3 is 0 Å². The molecule has 0 spiro atoms. The average Bonchev–Trinajstić information content (AvgIpc) is 2.75. The third kappa shape index (κ3) is 5.07. The maximum atomic E-state index is 12.9. The second-order valence-corrected chi connectivity index (χ2v) is 8.83. The number of sulfonamides is 1. The number of carbonyl (C=O) groups is 1. The highest BCUT2D eigenvalue weighted by Crippen LogP contribution is 2.30. The number of methoxy groups -OCH3 is 1. The van der Waals surface area contributed by atoms with Crippen molar-refractivity contribution in [1.29, 1.82) is 0 Å². The van der Waals surface area contributed by atoms with Crippen LogP contribution in [0.1, 0.15) is 26.2 Å². The fourth-order valence-corrected chi connectivity index (χ4v) is 4.73. The summed E-state index contributed by atoms with van der Waals surface area (Å²) in [6.07, 6.45) is 1.97. The van der Waals surface area contributed by atoms with Gasteiger partial charge in [0.2, 0.25) is 10.0 Å². The maximum absolute atomic E-state index is 12.9. The number of nitrogens with zero attached hydrogens (tertiary/aromatic N) is 1. The van der Waals surface area contributed by atoms with Crippen molar-refractivity contribution in [1.82, 2.24) is 4.31 Å². The number of hydrogen-bond acceptors (Lipinski definition) is 5. The number of ether oxygens (including phenoxy) is 2. The molecule has 0 bridgehead atoms. The summed E-state index contributed by atoms with van der Waals surface area (Å²) in [6, 6.07) is 13.5. The summed E-state index contributed by atoms with van der Waals surface area (Å²) >= 11 is 0. The highest BCUT2D eigenvalue weighted by molar-refractivity contribution is 7.89. The van der Waals surface area contributed by atoms with E-state index in [2.05, 4.69) is 5.32 Å². The van der Waals surface area contributed by atoms with Crippen LogP contribution < -0.4 is 14.8 Å². The molecular weight excluding hydrogens is 392 g/mol. The van der Waals surface area contributed by atoms with Crippen LogP contribution in [0.2, 0.25) is 0 Å². The van der Waals surface area contributed by atoms with Gasteiger partial charge in [-0.05, 0) is 50.1 Å². The third-order valence-corrected chi connectivity index (χ3v) is 6.70. The summed E-state index contributed by atoms with van der Waals surface area (Å²) in [7, 11) is -2.15. The maximum Gasteiger partial charge on any atom is 0.265 e. The number of rotatable bonds is 7. The topological polar surface area (TPSA) is 84.9 Å². The van der Waals surface area contributed by atoms with E-state index in [9.17, 15) is 13.2 Å². The molecule has 1 N–H and O–H groups in total. The zero-order chi connectivity index (χ0) is 20.9. The van der Waals surface area contributed by atoms with Crippen molar-refractivity contribution < 1.29 is 22.7 Å². The van der Waals surface area contributed by atoms with Crippen LogP contribution in [-0.2, 0) is 14.8 Å². The summed E-state index contributed by atoms with van der Waals surface area (Å²) in [6.45, 7) is 2.65. The van der Waals surface area contributed by atoms with Gasteiger partial charge in [0.05, 0.1) is 17.7 Å². The van der Waals surface area contributed by atoms with E-state index in [1.165, 1.54) is 23.5 Å². The standard InChI is InChI=1S/C21H26N2O5S/c1-16(28-17-9-5-3-6-10-17)21(24)22-19-15-18(11-12-20(19)27-2)29(25,26)23-13-7-4-8-14-23/h3,5-6,9-12,15-16H,4,7-8,13-14H2,1-2H3,(H,22,24)/t16-/m1/s1. The second-order valence-electron chi connectivity index (χ2n) is 6.89. The molecule has 7 nitrogen and oxygen atoms in total. The lowest BCUT2D eigenvalue weighted by molar-refractivity contribution is -0.122. The van der Waals surface area contributed by atoms with Crippen LogP contribution in [0.3, 0.4) is 0 Å². The van der Waals surface area contributed by atoms with Crippen molar-refractivity contribution in [3.8, 4) is 11.5 Å². The van der Waals surface area contributed by atoms with Gasteiger partial charge in [0.25, 0.3) is 5.91 Å². The molecule has 0 unspecified atom stereocenters. The van der Waals surface area contributed by atoms with Crippen LogP contribution in [-0.4, -0.2) is 44.9 Å². The Kier molecular flexibility index (Phi) is 6.76. The second kappa shape index (κ2) is 9.28. The van der Waals surface area contributed by atoms with Gasteiger partial charge in [-0.3, -0.25) is 4.79 Å². The molecule has 1 saturated heterocycles. The number of para-hydroxylation sites is 1. The van der Waals surface area contributed by atoms with E-state index < -0.39 is 22.0 Å². The lowest BCUT2D eigenvalue weighted by atomic mass is 10.2. The molecule has 1 heterocycles. The summed E-state index contributed by atoms with van der Waals surface area (Å²) in [4.78, 5) is 12.7. The minimum atomic E-state index is -3.62. The fourth-order valence-electron chi connectivity index (χ4n) is 3.19. The zero-order valence-corrected chi connectivity index (χ0v) is 17.4. The number of piperidine rings is 1. The highest BCUT2D eigenvalue weighted by Gasteiger charge is 2.27. The van der Waals surface area contributed by atoms with Crippen molar-refractivity contribution in [2.75, 3.05) is 25.5 Å². The lowest BCUT2D eigenvalue weighted by Gasteiger charge is -2.26. The third-order valence-electron chi connectivity index (χ3n) is 4.81. The number of benzene rings is 2. The molecule has 8 heteroatoms. The van der Waals surface area contributed by atoms with Crippen LogP contribution >= 0.6 is 0 Å². The summed E-state index contributed by atoms with van der Waals surface area (Å²) in [5, 5.41) is 2.72. The Hall–Kier alpha value is -2.58. The summed E-state index contributed by atoms with van der Waals surface area (Å²) < 4.78 is 38.3. The predicted molar refractivity (Wildman–Crippen MR) is 111 cm³/mol. The van der Waals surface area contributed by atoms with E-state index in [4.69, 9.17) is 9.47 Å². The van der Waals surface area contributed by atoms with Gasteiger partial charge in [-0.15, -0.1) is 0 Å². The van der Waals surface area contributed by atoms with Gasteiger partial charge in [0.1, 0.15) is 11.5 Å². The first-order valence-electron chi connectivity index (χ1n) is 9.62. The number of carbonyl (C=O) groups excluding carboxylic acids is 1. The van der Waals surface area contributed by atoms with Crippen LogP contribution in [0.5, 0.6) is 11.5 Å². The number of amides is 1.